The molecule has 1 aliphatic rings. The van der Waals surface area contributed by atoms with Crippen molar-refractivity contribution in [2.24, 2.45) is 5.92 Å². The van der Waals surface area contributed by atoms with Crippen LogP contribution in [0, 0.1) is 5.92 Å². The van der Waals surface area contributed by atoms with Crippen molar-refractivity contribution in [2.75, 3.05) is 0 Å². The van der Waals surface area contributed by atoms with E-state index in [4.69, 9.17) is 4.42 Å². The van der Waals surface area contributed by atoms with E-state index < -0.39 is 24.0 Å². The summed E-state index contributed by atoms with van der Waals surface area (Å²) in [5.41, 5.74) is 1.06. The van der Waals surface area contributed by atoms with E-state index in [-0.39, 0.29) is 29.9 Å². The van der Waals surface area contributed by atoms with Crippen molar-refractivity contribution < 1.29 is 31.1 Å². The minimum absolute atomic E-state index is 0.107. The standard InChI is InChI=1S/C17H11F5N2O3/c18-16(19)7-10(16)8-24-14-13(26-15(24)25)6-5-12(23-14)9-1-3-11(4-2-9)27-17(20,21)22/h1-6,10H,7-8H2/t10-/m1/s1. The summed E-state index contributed by atoms with van der Waals surface area (Å²) in [7, 11) is 0. The molecule has 1 aliphatic carbocycles. The second-order valence-electron chi connectivity index (χ2n) is 6.23. The summed E-state index contributed by atoms with van der Waals surface area (Å²) in [6, 6.07) is 7.96. The van der Waals surface area contributed by atoms with Crippen molar-refractivity contribution in [3.05, 3.63) is 46.9 Å². The highest BCUT2D eigenvalue weighted by molar-refractivity contribution is 5.73. The molecule has 0 N–H and O–H groups in total. The van der Waals surface area contributed by atoms with Crippen LogP contribution in [0.3, 0.4) is 0 Å². The van der Waals surface area contributed by atoms with E-state index in [2.05, 4.69) is 9.72 Å². The van der Waals surface area contributed by atoms with E-state index in [1.54, 1.807) is 0 Å². The molecule has 0 aliphatic heterocycles. The summed E-state index contributed by atoms with van der Waals surface area (Å²) in [5.74, 6) is -4.91. The molecule has 4 rings (SSSR count). The fraction of sp³-hybridized carbons (Fsp3) is 0.294. The highest BCUT2D eigenvalue weighted by Gasteiger charge is 2.57. The van der Waals surface area contributed by atoms with E-state index in [1.807, 2.05) is 0 Å². The van der Waals surface area contributed by atoms with Crippen molar-refractivity contribution in [3.8, 4) is 17.0 Å². The summed E-state index contributed by atoms with van der Waals surface area (Å²) < 4.78 is 72.8. The number of nitrogens with zero attached hydrogens (tertiary/aromatic N) is 2. The van der Waals surface area contributed by atoms with Crippen molar-refractivity contribution in [2.45, 2.75) is 25.3 Å². The lowest BCUT2D eigenvalue weighted by Gasteiger charge is -2.09. The van der Waals surface area contributed by atoms with Gasteiger partial charge in [-0.2, -0.15) is 0 Å². The van der Waals surface area contributed by atoms with Crippen LogP contribution in [0.1, 0.15) is 6.42 Å². The van der Waals surface area contributed by atoms with Gasteiger partial charge >= 0.3 is 12.1 Å². The number of benzene rings is 1. The monoisotopic (exact) mass is 386 g/mol. The van der Waals surface area contributed by atoms with Gasteiger partial charge in [-0.05, 0) is 36.4 Å². The number of pyridine rings is 1. The predicted molar refractivity (Wildman–Crippen MR) is 83.4 cm³/mol. The zero-order valence-electron chi connectivity index (χ0n) is 13.5. The Hall–Kier alpha value is -2.91. The van der Waals surface area contributed by atoms with Gasteiger partial charge in [-0.3, -0.25) is 4.57 Å². The first kappa shape index (κ1) is 17.5. The minimum atomic E-state index is -4.80. The number of hydrogen-bond acceptors (Lipinski definition) is 4. The lowest BCUT2D eigenvalue weighted by molar-refractivity contribution is -0.274. The Bertz CT molecular complexity index is 1050. The number of alkyl halides is 5. The van der Waals surface area contributed by atoms with Crippen LogP contribution in [0.5, 0.6) is 5.75 Å². The van der Waals surface area contributed by atoms with Gasteiger partial charge in [0.1, 0.15) is 5.75 Å². The number of hydrogen-bond donors (Lipinski definition) is 0. The van der Waals surface area contributed by atoms with Gasteiger partial charge in [0.2, 0.25) is 0 Å². The van der Waals surface area contributed by atoms with E-state index in [0.29, 0.717) is 11.3 Å². The molecule has 1 aromatic carbocycles. The molecule has 5 nitrogen and oxygen atoms in total. The SMILES string of the molecule is O=c1oc2ccc(-c3ccc(OC(F)(F)F)cc3)nc2n1C[C@H]1CC1(F)F. The third-order valence-corrected chi connectivity index (χ3v) is 4.25. The van der Waals surface area contributed by atoms with Crippen LogP contribution >= 0.6 is 0 Å². The molecule has 1 saturated carbocycles. The van der Waals surface area contributed by atoms with Crippen molar-refractivity contribution in [3.63, 3.8) is 0 Å². The van der Waals surface area contributed by atoms with Crippen LogP contribution < -0.4 is 10.5 Å². The van der Waals surface area contributed by atoms with E-state index >= 15 is 0 Å². The zero-order valence-corrected chi connectivity index (χ0v) is 13.5. The predicted octanol–water partition coefficient (Wildman–Crippen LogP) is 4.21. The first-order valence-electron chi connectivity index (χ1n) is 7.87. The Morgan fingerprint density at radius 3 is 2.44 bits per heavy atom. The molecule has 0 amide bonds. The molecule has 0 unspecified atom stereocenters. The Morgan fingerprint density at radius 1 is 1.19 bits per heavy atom. The van der Waals surface area contributed by atoms with Crippen LogP contribution in [0.25, 0.3) is 22.5 Å². The molecule has 0 radical (unpaired) electrons. The van der Waals surface area contributed by atoms with Gasteiger partial charge in [-0.1, -0.05) is 0 Å². The molecule has 2 aromatic heterocycles. The molecule has 142 valence electrons. The van der Waals surface area contributed by atoms with Gasteiger partial charge in [0.15, 0.2) is 11.2 Å². The van der Waals surface area contributed by atoms with Gasteiger partial charge in [0.05, 0.1) is 5.69 Å². The van der Waals surface area contributed by atoms with Gasteiger partial charge < -0.3 is 9.15 Å². The summed E-state index contributed by atoms with van der Waals surface area (Å²) in [4.78, 5) is 16.2. The Kier molecular flexibility index (Phi) is 3.76. The second kappa shape index (κ2) is 5.80. The lowest BCUT2D eigenvalue weighted by atomic mass is 10.1. The van der Waals surface area contributed by atoms with Crippen molar-refractivity contribution >= 4 is 11.2 Å². The van der Waals surface area contributed by atoms with Crippen LogP contribution in [-0.2, 0) is 6.54 Å². The molecule has 1 fully saturated rings. The summed E-state index contributed by atoms with van der Waals surface area (Å²) in [6.07, 6.45) is -5.09. The smallest absolute Gasteiger partial charge is 0.406 e. The van der Waals surface area contributed by atoms with Crippen LogP contribution in [0.2, 0.25) is 0 Å². The minimum Gasteiger partial charge on any atom is -0.406 e. The molecule has 1 atom stereocenters. The van der Waals surface area contributed by atoms with Crippen molar-refractivity contribution in [1.82, 2.24) is 9.55 Å². The maximum Gasteiger partial charge on any atom is 0.573 e. The highest BCUT2D eigenvalue weighted by Crippen LogP contribution is 2.49. The molecule has 3 aromatic rings. The van der Waals surface area contributed by atoms with E-state index in [9.17, 15) is 26.7 Å². The Labute approximate surface area is 148 Å². The molecule has 0 saturated heterocycles. The van der Waals surface area contributed by atoms with Gasteiger partial charge in [-0.25, -0.2) is 18.6 Å². The van der Waals surface area contributed by atoms with Gasteiger partial charge in [0, 0.05) is 24.4 Å². The number of rotatable bonds is 4. The first-order valence-corrected chi connectivity index (χ1v) is 7.87. The number of ether oxygens (including phenoxy) is 1. The van der Waals surface area contributed by atoms with Crippen LogP contribution in [0.15, 0.2) is 45.6 Å². The molecule has 0 spiro atoms. The number of aromatic nitrogens is 2. The summed E-state index contributed by atoms with van der Waals surface area (Å²) in [5, 5.41) is 0. The third-order valence-electron chi connectivity index (χ3n) is 4.25. The summed E-state index contributed by atoms with van der Waals surface area (Å²) >= 11 is 0. The molecular formula is C17H11F5N2O3. The molecule has 0 bridgehead atoms. The average Bonchev–Trinajstić information content (AvgIpc) is 3.05. The lowest BCUT2D eigenvalue weighted by Crippen LogP contribution is -2.17. The molecule has 10 heteroatoms. The van der Waals surface area contributed by atoms with Crippen LogP contribution in [0.4, 0.5) is 22.0 Å². The first-order chi connectivity index (χ1) is 12.6. The quantitative estimate of drug-likeness (QED) is 0.631. The maximum atomic E-state index is 13.2. The van der Waals surface area contributed by atoms with Crippen LogP contribution in [-0.4, -0.2) is 21.8 Å². The third kappa shape index (κ3) is 3.51. The Morgan fingerprint density at radius 2 is 1.85 bits per heavy atom. The number of halogens is 5. The van der Waals surface area contributed by atoms with Gasteiger partial charge in [0.25, 0.3) is 5.92 Å². The van der Waals surface area contributed by atoms with Gasteiger partial charge in [-0.15, -0.1) is 13.2 Å². The highest BCUT2D eigenvalue weighted by atomic mass is 19.4. The normalized spacial score (nSPS) is 18.6. The van der Waals surface area contributed by atoms with E-state index in [0.717, 1.165) is 16.7 Å². The topological polar surface area (TPSA) is 57.3 Å². The van der Waals surface area contributed by atoms with E-state index in [1.165, 1.54) is 24.3 Å². The summed E-state index contributed by atoms with van der Waals surface area (Å²) in [6.45, 7) is -0.215. The Balaban J connectivity index is 1.66. The molecule has 27 heavy (non-hydrogen) atoms. The average molecular weight is 386 g/mol. The largest absolute Gasteiger partial charge is 0.573 e. The number of oxazole rings is 1. The fourth-order valence-corrected chi connectivity index (χ4v) is 2.78. The molecular weight excluding hydrogens is 375 g/mol. The number of fused-ring (bicyclic) bond motifs is 1. The zero-order chi connectivity index (χ0) is 19.4. The molecule has 2 heterocycles. The van der Waals surface area contributed by atoms with Crippen molar-refractivity contribution in [1.29, 1.82) is 0 Å². The maximum absolute atomic E-state index is 13.2. The second-order valence-corrected chi connectivity index (χ2v) is 6.23. The fourth-order valence-electron chi connectivity index (χ4n) is 2.78.